The number of fused-ring (bicyclic) bond motifs is 1. The van der Waals surface area contributed by atoms with Crippen molar-refractivity contribution in [3.05, 3.63) is 17.7 Å². The van der Waals surface area contributed by atoms with Gasteiger partial charge in [0.1, 0.15) is 4.90 Å². The molecule has 0 aliphatic carbocycles. The van der Waals surface area contributed by atoms with Gasteiger partial charge >= 0.3 is 0 Å². The molecule has 1 aliphatic heterocycles. The third-order valence-corrected chi connectivity index (χ3v) is 3.62. The summed E-state index contributed by atoms with van der Waals surface area (Å²) in [7, 11) is 1.36. The number of carbonyl (C=O) groups excluding carboxylic acids is 1. The summed E-state index contributed by atoms with van der Waals surface area (Å²) in [6, 6.07) is 2.58. The number of carbonyl (C=O) groups is 1. The second-order valence-corrected chi connectivity index (χ2v) is 5.95. The van der Waals surface area contributed by atoms with Gasteiger partial charge in [0.25, 0.3) is 9.05 Å². The van der Waals surface area contributed by atoms with E-state index >= 15 is 0 Å². The molecule has 92 valence electrons. The molecule has 0 aromatic heterocycles. The summed E-state index contributed by atoms with van der Waals surface area (Å²) in [5.41, 5.74) is 0.242. The lowest BCUT2D eigenvalue weighted by Crippen LogP contribution is -2.01. The van der Waals surface area contributed by atoms with Crippen molar-refractivity contribution in [2.24, 2.45) is 0 Å². The monoisotopic (exact) mass is 276 g/mol. The Labute approximate surface area is 103 Å². The van der Waals surface area contributed by atoms with E-state index in [0.29, 0.717) is 25.9 Å². The molecule has 0 unspecified atom stereocenters. The van der Waals surface area contributed by atoms with Gasteiger partial charge < -0.3 is 9.47 Å². The minimum atomic E-state index is -3.93. The number of aldehydes is 1. The Morgan fingerprint density at radius 3 is 2.41 bits per heavy atom. The summed E-state index contributed by atoms with van der Waals surface area (Å²) in [4.78, 5) is 10.7. The molecule has 0 bridgehead atoms. The normalized spacial score (nSPS) is 15.1. The molecule has 0 N–H and O–H groups in total. The standard InChI is InChI=1S/C10H9ClO5S/c11-17(13,14)8-3-2-7(6-12)9-10(8)16-5-1-4-15-9/h2-3,6H,1,4-5H2. The number of hydrogen-bond acceptors (Lipinski definition) is 5. The van der Waals surface area contributed by atoms with E-state index in [1.54, 1.807) is 0 Å². The van der Waals surface area contributed by atoms with Crippen molar-refractivity contribution in [3.63, 3.8) is 0 Å². The third kappa shape index (κ3) is 2.37. The zero-order valence-corrected chi connectivity index (χ0v) is 10.3. The molecule has 5 nitrogen and oxygen atoms in total. The van der Waals surface area contributed by atoms with Crippen LogP contribution >= 0.6 is 10.7 Å². The summed E-state index contributed by atoms with van der Waals surface area (Å²) in [5, 5.41) is 0. The Hall–Kier alpha value is -1.27. The molecule has 0 saturated carbocycles. The molecule has 0 saturated heterocycles. The van der Waals surface area contributed by atoms with Crippen molar-refractivity contribution in [3.8, 4) is 11.5 Å². The van der Waals surface area contributed by atoms with Crippen molar-refractivity contribution in [2.75, 3.05) is 13.2 Å². The maximum atomic E-state index is 11.4. The second kappa shape index (κ2) is 4.54. The van der Waals surface area contributed by atoms with Crippen LogP contribution in [0.2, 0.25) is 0 Å². The van der Waals surface area contributed by atoms with Crippen LogP contribution in [0.1, 0.15) is 16.8 Å². The van der Waals surface area contributed by atoms with E-state index in [1.165, 1.54) is 12.1 Å². The van der Waals surface area contributed by atoms with Crippen LogP contribution in [0.25, 0.3) is 0 Å². The number of benzene rings is 1. The van der Waals surface area contributed by atoms with Gasteiger partial charge in [-0.3, -0.25) is 4.79 Å². The molecule has 17 heavy (non-hydrogen) atoms. The minimum Gasteiger partial charge on any atom is -0.489 e. The molecule has 1 aliphatic rings. The highest BCUT2D eigenvalue weighted by Gasteiger charge is 2.25. The van der Waals surface area contributed by atoms with Gasteiger partial charge in [0.05, 0.1) is 18.8 Å². The molecule has 1 aromatic rings. The molecule has 0 amide bonds. The van der Waals surface area contributed by atoms with Crippen LogP contribution in [0.15, 0.2) is 17.0 Å². The van der Waals surface area contributed by atoms with Crippen LogP contribution in [0.5, 0.6) is 11.5 Å². The molecule has 7 heteroatoms. The first kappa shape index (κ1) is 12.2. The summed E-state index contributed by atoms with van der Waals surface area (Å²) in [6.07, 6.45) is 1.19. The van der Waals surface area contributed by atoms with E-state index < -0.39 is 9.05 Å². The molecule has 0 radical (unpaired) electrons. The highest BCUT2D eigenvalue weighted by atomic mass is 35.7. The van der Waals surface area contributed by atoms with Crippen molar-refractivity contribution < 1.29 is 22.7 Å². The molecular weight excluding hydrogens is 268 g/mol. The van der Waals surface area contributed by atoms with Gasteiger partial charge in [0.2, 0.25) is 0 Å². The summed E-state index contributed by atoms with van der Waals surface area (Å²) >= 11 is 0. The van der Waals surface area contributed by atoms with E-state index in [0.717, 1.165) is 0 Å². The second-order valence-electron chi connectivity index (χ2n) is 3.42. The van der Waals surface area contributed by atoms with Crippen molar-refractivity contribution >= 4 is 26.0 Å². The van der Waals surface area contributed by atoms with E-state index in [-0.39, 0.29) is 22.0 Å². The molecular formula is C10H9ClO5S. The topological polar surface area (TPSA) is 69.7 Å². The quantitative estimate of drug-likeness (QED) is 0.606. The van der Waals surface area contributed by atoms with Gasteiger partial charge in [-0.1, -0.05) is 0 Å². The molecule has 0 atom stereocenters. The lowest BCUT2D eigenvalue weighted by atomic mass is 10.2. The highest BCUT2D eigenvalue weighted by molar-refractivity contribution is 8.13. The van der Waals surface area contributed by atoms with Crippen LogP contribution in [-0.4, -0.2) is 27.9 Å². The number of ether oxygens (including phenoxy) is 2. The van der Waals surface area contributed by atoms with E-state index in [4.69, 9.17) is 20.2 Å². The zero-order chi connectivity index (χ0) is 12.5. The van der Waals surface area contributed by atoms with Crippen molar-refractivity contribution in [1.29, 1.82) is 0 Å². The number of hydrogen-bond donors (Lipinski definition) is 0. The first-order valence-corrected chi connectivity index (χ1v) is 7.17. The molecule has 0 fully saturated rings. The maximum Gasteiger partial charge on any atom is 0.265 e. The van der Waals surface area contributed by atoms with Crippen molar-refractivity contribution in [1.82, 2.24) is 0 Å². The van der Waals surface area contributed by atoms with E-state index in [1.807, 2.05) is 0 Å². The summed E-state index contributed by atoms with van der Waals surface area (Å²) in [5.74, 6) is 0.154. The van der Waals surface area contributed by atoms with Crippen molar-refractivity contribution in [2.45, 2.75) is 11.3 Å². The van der Waals surface area contributed by atoms with Crippen LogP contribution in [0.3, 0.4) is 0 Å². The largest absolute Gasteiger partial charge is 0.489 e. The maximum absolute atomic E-state index is 11.4. The molecule has 1 aromatic carbocycles. The first-order chi connectivity index (χ1) is 8.04. The van der Waals surface area contributed by atoms with Crippen LogP contribution < -0.4 is 9.47 Å². The fourth-order valence-corrected chi connectivity index (χ4v) is 2.51. The van der Waals surface area contributed by atoms with Gasteiger partial charge in [-0.05, 0) is 12.1 Å². The third-order valence-electron chi connectivity index (χ3n) is 2.28. The highest BCUT2D eigenvalue weighted by Crippen LogP contribution is 2.39. The Kier molecular flexibility index (Phi) is 3.26. The fraction of sp³-hybridized carbons (Fsp3) is 0.300. The summed E-state index contributed by atoms with van der Waals surface area (Å²) in [6.45, 7) is 0.675. The predicted molar refractivity (Wildman–Crippen MR) is 60.5 cm³/mol. The first-order valence-electron chi connectivity index (χ1n) is 4.86. The van der Waals surface area contributed by atoms with Gasteiger partial charge in [0.15, 0.2) is 17.8 Å². The predicted octanol–water partition coefficient (Wildman–Crippen LogP) is 1.59. The number of halogens is 1. The smallest absolute Gasteiger partial charge is 0.265 e. The fourth-order valence-electron chi connectivity index (χ4n) is 1.54. The SMILES string of the molecule is O=Cc1ccc(S(=O)(=O)Cl)c2c1OCCCO2. The lowest BCUT2D eigenvalue weighted by Gasteiger charge is -2.11. The average Bonchev–Trinajstić information content (AvgIpc) is 2.51. The van der Waals surface area contributed by atoms with Crippen LogP contribution in [0, 0.1) is 0 Å². The summed E-state index contributed by atoms with van der Waals surface area (Å²) < 4.78 is 33.3. The van der Waals surface area contributed by atoms with Gasteiger partial charge in [-0.25, -0.2) is 8.42 Å². The Bertz CT molecular complexity index is 552. The Balaban J connectivity index is 2.69. The van der Waals surface area contributed by atoms with Gasteiger partial charge in [-0.2, -0.15) is 0 Å². The minimum absolute atomic E-state index is 0.0158. The average molecular weight is 277 g/mol. The van der Waals surface area contributed by atoms with Crippen LogP contribution in [-0.2, 0) is 9.05 Å². The Morgan fingerprint density at radius 1 is 1.18 bits per heavy atom. The van der Waals surface area contributed by atoms with Crippen LogP contribution in [0.4, 0.5) is 0 Å². The lowest BCUT2D eigenvalue weighted by molar-refractivity contribution is 0.111. The molecule has 0 spiro atoms. The van der Waals surface area contributed by atoms with E-state index in [2.05, 4.69) is 0 Å². The van der Waals surface area contributed by atoms with Gasteiger partial charge in [0, 0.05) is 17.1 Å². The molecule has 2 rings (SSSR count). The zero-order valence-electron chi connectivity index (χ0n) is 8.68. The van der Waals surface area contributed by atoms with Gasteiger partial charge in [-0.15, -0.1) is 0 Å². The number of rotatable bonds is 2. The molecule has 1 heterocycles. The Morgan fingerprint density at radius 2 is 1.82 bits per heavy atom. The van der Waals surface area contributed by atoms with E-state index in [9.17, 15) is 13.2 Å².